The van der Waals surface area contributed by atoms with Crippen LogP contribution in [0, 0.1) is 17.6 Å². The van der Waals surface area contributed by atoms with E-state index in [1.54, 1.807) is 12.1 Å². The number of benzene rings is 2. The summed E-state index contributed by atoms with van der Waals surface area (Å²) >= 11 is 5.75. The number of hydrogen-bond donors (Lipinski definition) is 2. The number of aryl methyl sites for hydroxylation is 1. The fraction of sp³-hybridized carbons (Fsp3) is 0.261. The molecule has 0 fully saturated rings. The highest BCUT2D eigenvalue weighted by Gasteiger charge is 2.21. The molecule has 0 bridgehead atoms. The first-order chi connectivity index (χ1) is 14.9. The second kappa shape index (κ2) is 8.98. The zero-order valence-corrected chi connectivity index (χ0v) is 17.3. The van der Waals surface area contributed by atoms with Gasteiger partial charge in [-0.15, -0.1) is 0 Å². The molecule has 0 saturated carbocycles. The lowest BCUT2D eigenvalue weighted by atomic mass is 9.99. The van der Waals surface area contributed by atoms with Crippen molar-refractivity contribution in [2.75, 3.05) is 6.54 Å². The van der Waals surface area contributed by atoms with Gasteiger partial charge in [-0.3, -0.25) is 9.59 Å². The molecule has 1 unspecified atom stereocenters. The lowest BCUT2D eigenvalue weighted by Crippen LogP contribution is -2.29. The van der Waals surface area contributed by atoms with Crippen molar-refractivity contribution in [1.82, 2.24) is 15.3 Å². The number of fused-ring (bicyclic) bond motifs is 1. The lowest BCUT2D eigenvalue weighted by molar-refractivity contribution is 0.0946. The Morgan fingerprint density at radius 3 is 2.61 bits per heavy atom. The van der Waals surface area contributed by atoms with Crippen molar-refractivity contribution < 1.29 is 13.6 Å². The average molecular weight is 444 g/mol. The van der Waals surface area contributed by atoms with Gasteiger partial charge >= 0.3 is 0 Å². The van der Waals surface area contributed by atoms with Crippen molar-refractivity contribution in [2.45, 2.75) is 25.7 Å². The predicted octanol–water partition coefficient (Wildman–Crippen LogP) is 4.29. The highest BCUT2D eigenvalue weighted by molar-refractivity contribution is 6.31. The van der Waals surface area contributed by atoms with E-state index in [2.05, 4.69) is 15.3 Å². The molecule has 8 heteroatoms. The van der Waals surface area contributed by atoms with Crippen LogP contribution in [0.2, 0.25) is 5.02 Å². The number of H-pyrrole nitrogens is 1. The normalized spacial score (nSPS) is 15.8. The summed E-state index contributed by atoms with van der Waals surface area (Å²) in [6, 6.07) is 9.67. The average Bonchev–Trinajstić information content (AvgIpc) is 2.97. The number of aromatic amines is 1. The Balaban J connectivity index is 1.43. The fourth-order valence-corrected chi connectivity index (χ4v) is 3.95. The summed E-state index contributed by atoms with van der Waals surface area (Å²) in [5.74, 6) is -0.657. The summed E-state index contributed by atoms with van der Waals surface area (Å²) in [6.45, 7) is 0.435. The molecule has 0 aliphatic heterocycles. The molecule has 1 atom stereocenters. The molecule has 2 aromatic carbocycles. The van der Waals surface area contributed by atoms with Crippen molar-refractivity contribution in [3.63, 3.8) is 0 Å². The summed E-state index contributed by atoms with van der Waals surface area (Å²) in [5.41, 5.74) is 2.15. The molecule has 0 spiro atoms. The smallest absolute Gasteiger partial charge is 0.254 e. The van der Waals surface area contributed by atoms with E-state index in [1.807, 2.05) is 0 Å². The number of carbonyl (C=O) groups excluding carboxylic acids is 1. The van der Waals surface area contributed by atoms with Gasteiger partial charge in [-0.2, -0.15) is 0 Å². The quantitative estimate of drug-likeness (QED) is 0.590. The topological polar surface area (TPSA) is 74.8 Å². The van der Waals surface area contributed by atoms with Gasteiger partial charge in [0.25, 0.3) is 11.5 Å². The second-order valence-corrected chi connectivity index (χ2v) is 8.04. The summed E-state index contributed by atoms with van der Waals surface area (Å²) in [6.07, 6.45) is 2.66. The number of hydrogen-bond acceptors (Lipinski definition) is 3. The minimum Gasteiger partial charge on any atom is -0.352 e. The maximum atomic E-state index is 13.3. The molecule has 2 N–H and O–H groups in total. The van der Waals surface area contributed by atoms with Gasteiger partial charge in [-0.25, -0.2) is 13.8 Å². The van der Waals surface area contributed by atoms with Gasteiger partial charge in [0.15, 0.2) is 0 Å². The molecule has 3 aromatic rings. The van der Waals surface area contributed by atoms with E-state index in [9.17, 15) is 18.4 Å². The van der Waals surface area contributed by atoms with Crippen LogP contribution in [0.25, 0.3) is 11.4 Å². The third kappa shape index (κ3) is 4.82. The zero-order chi connectivity index (χ0) is 22.0. The van der Waals surface area contributed by atoms with E-state index in [0.717, 1.165) is 24.6 Å². The van der Waals surface area contributed by atoms with Gasteiger partial charge in [-0.05, 0) is 74.1 Å². The number of halogens is 3. The molecule has 1 aromatic heterocycles. The molecule has 4 rings (SSSR count). The molecule has 5 nitrogen and oxygen atoms in total. The molecule has 1 aliphatic rings. The van der Waals surface area contributed by atoms with Gasteiger partial charge in [-0.1, -0.05) is 11.6 Å². The standard InChI is InChI=1S/C23H20ClF2N3O2/c24-18-11-15(5-9-19(18)26)22(30)27-12-13-1-8-17-20(10-2-13)28-21(29-23(17)31)14-3-6-16(25)7-4-14/h3-7,9,11,13H,1-2,8,10,12H2,(H,27,30)(H,28,29,31). The van der Waals surface area contributed by atoms with Crippen molar-refractivity contribution in [3.8, 4) is 11.4 Å². The van der Waals surface area contributed by atoms with E-state index in [-0.39, 0.29) is 28.2 Å². The molecule has 31 heavy (non-hydrogen) atoms. The Hall–Kier alpha value is -3.06. The van der Waals surface area contributed by atoms with Gasteiger partial charge in [0.05, 0.1) is 10.7 Å². The molecule has 1 amide bonds. The van der Waals surface area contributed by atoms with Crippen molar-refractivity contribution in [1.29, 1.82) is 0 Å². The number of carbonyl (C=O) groups is 1. The van der Waals surface area contributed by atoms with Crippen LogP contribution in [0.15, 0.2) is 47.3 Å². The van der Waals surface area contributed by atoms with Gasteiger partial charge in [0, 0.05) is 23.2 Å². The second-order valence-electron chi connectivity index (χ2n) is 7.63. The van der Waals surface area contributed by atoms with Crippen LogP contribution in [-0.4, -0.2) is 22.4 Å². The first-order valence-corrected chi connectivity index (χ1v) is 10.4. The number of amides is 1. The summed E-state index contributed by atoms with van der Waals surface area (Å²) in [7, 11) is 0. The fourth-order valence-electron chi connectivity index (χ4n) is 3.77. The molecule has 1 aliphatic carbocycles. The zero-order valence-electron chi connectivity index (χ0n) is 16.6. The number of rotatable bonds is 4. The minimum absolute atomic E-state index is 0.0974. The van der Waals surface area contributed by atoms with Gasteiger partial charge < -0.3 is 10.3 Å². The van der Waals surface area contributed by atoms with Crippen molar-refractivity contribution in [3.05, 3.63) is 86.3 Å². The lowest BCUT2D eigenvalue weighted by Gasteiger charge is -2.14. The largest absolute Gasteiger partial charge is 0.352 e. The summed E-state index contributed by atoms with van der Waals surface area (Å²) in [4.78, 5) is 32.4. The first kappa shape index (κ1) is 21.2. The minimum atomic E-state index is -0.572. The van der Waals surface area contributed by atoms with Crippen LogP contribution in [0.5, 0.6) is 0 Å². The third-order valence-electron chi connectivity index (χ3n) is 5.54. The van der Waals surface area contributed by atoms with Gasteiger partial charge in [0.1, 0.15) is 17.5 Å². The highest BCUT2D eigenvalue weighted by atomic mass is 35.5. The maximum Gasteiger partial charge on any atom is 0.254 e. The number of nitrogens with one attached hydrogen (secondary N) is 2. The summed E-state index contributed by atoms with van der Waals surface area (Å²) < 4.78 is 26.5. The first-order valence-electron chi connectivity index (χ1n) is 10.0. The van der Waals surface area contributed by atoms with Crippen LogP contribution in [0.4, 0.5) is 8.78 Å². The van der Waals surface area contributed by atoms with Crippen molar-refractivity contribution >= 4 is 17.5 Å². The molecular weight excluding hydrogens is 424 g/mol. The van der Waals surface area contributed by atoms with E-state index in [0.29, 0.717) is 41.9 Å². The van der Waals surface area contributed by atoms with E-state index in [1.165, 1.54) is 24.3 Å². The third-order valence-corrected chi connectivity index (χ3v) is 5.83. The van der Waals surface area contributed by atoms with Gasteiger partial charge in [0.2, 0.25) is 0 Å². The molecular formula is C23H20ClF2N3O2. The molecule has 1 heterocycles. The van der Waals surface area contributed by atoms with Crippen LogP contribution < -0.4 is 10.9 Å². The van der Waals surface area contributed by atoms with E-state index >= 15 is 0 Å². The highest BCUT2D eigenvalue weighted by Crippen LogP contribution is 2.23. The molecule has 0 saturated heterocycles. The van der Waals surface area contributed by atoms with Crippen LogP contribution in [-0.2, 0) is 12.8 Å². The Kier molecular flexibility index (Phi) is 6.13. The Morgan fingerprint density at radius 2 is 1.87 bits per heavy atom. The van der Waals surface area contributed by atoms with Crippen molar-refractivity contribution in [2.24, 2.45) is 5.92 Å². The Morgan fingerprint density at radius 1 is 1.13 bits per heavy atom. The SMILES string of the molecule is O=C(NCC1CCc2nc(-c3ccc(F)cc3)[nH]c(=O)c2CC1)c1ccc(F)c(Cl)c1. The Labute approximate surface area is 182 Å². The predicted molar refractivity (Wildman–Crippen MR) is 114 cm³/mol. The monoisotopic (exact) mass is 443 g/mol. The van der Waals surface area contributed by atoms with E-state index < -0.39 is 5.82 Å². The number of nitrogens with zero attached hydrogens (tertiary/aromatic N) is 1. The van der Waals surface area contributed by atoms with Crippen LogP contribution >= 0.6 is 11.6 Å². The van der Waals surface area contributed by atoms with E-state index in [4.69, 9.17) is 11.6 Å². The summed E-state index contributed by atoms with van der Waals surface area (Å²) in [5, 5.41) is 2.77. The van der Waals surface area contributed by atoms with Crippen LogP contribution in [0.3, 0.4) is 0 Å². The number of aromatic nitrogens is 2. The maximum absolute atomic E-state index is 13.3. The Bertz CT molecular complexity index is 1180. The molecule has 0 radical (unpaired) electrons. The van der Waals surface area contributed by atoms with Crippen LogP contribution in [0.1, 0.15) is 34.5 Å². The molecule has 160 valence electrons.